The van der Waals surface area contributed by atoms with Gasteiger partial charge in [-0.2, -0.15) is 0 Å². The number of carbonyl (C=O) groups is 1. The number of nitrogens with zero attached hydrogens (tertiary/aromatic N) is 1. The molecule has 0 aliphatic carbocycles. The molecule has 7 heteroatoms. The van der Waals surface area contributed by atoms with Crippen molar-refractivity contribution in [2.24, 2.45) is 0 Å². The van der Waals surface area contributed by atoms with Crippen LogP contribution in [-0.4, -0.2) is 35.7 Å². The van der Waals surface area contributed by atoms with Crippen LogP contribution in [0.15, 0.2) is 18.2 Å². The van der Waals surface area contributed by atoms with Gasteiger partial charge in [-0.25, -0.2) is 0 Å². The first-order chi connectivity index (χ1) is 8.45. The molecule has 18 heavy (non-hydrogen) atoms. The standard InChI is InChI=1S/C11H14N2O5/c1-7(14)6-12-11(15)8-3-4-9(13(16)17)10(5-8)18-2/h3-5,7,14H,6H2,1-2H3,(H,12,15)/t7-/m1/s1. The fourth-order valence-corrected chi connectivity index (χ4v) is 1.31. The van der Waals surface area contributed by atoms with Gasteiger partial charge in [0.2, 0.25) is 0 Å². The maximum absolute atomic E-state index is 11.7. The molecule has 0 aromatic heterocycles. The van der Waals surface area contributed by atoms with Gasteiger partial charge in [-0.1, -0.05) is 0 Å². The maximum atomic E-state index is 11.7. The normalized spacial score (nSPS) is 11.7. The van der Waals surface area contributed by atoms with E-state index in [2.05, 4.69) is 5.32 Å². The van der Waals surface area contributed by atoms with Crippen molar-refractivity contribution in [2.75, 3.05) is 13.7 Å². The Bertz CT molecular complexity index is 459. The summed E-state index contributed by atoms with van der Waals surface area (Å²) in [6, 6.07) is 3.82. The summed E-state index contributed by atoms with van der Waals surface area (Å²) in [7, 11) is 1.29. The lowest BCUT2D eigenvalue weighted by Crippen LogP contribution is -2.30. The minimum atomic E-state index is -0.658. The Kier molecular flexibility index (Phi) is 4.61. The van der Waals surface area contributed by atoms with E-state index in [0.29, 0.717) is 0 Å². The Balaban J connectivity index is 2.91. The number of ether oxygens (including phenoxy) is 1. The smallest absolute Gasteiger partial charge is 0.310 e. The molecule has 0 aliphatic rings. The zero-order chi connectivity index (χ0) is 13.7. The van der Waals surface area contributed by atoms with Gasteiger partial charge in [0.05, 0.1) is 18.1 Å². The maximum Gasteiger partial charge on any atom is 0.310 e. The number of rotatable bonds is 5. The second-order valence-electron chi connectivity index (χ2n) is 3.70. The first-order valence-corrected chi connectivity index (χ1v) is 5.24. The molecular formula is C11H14N2O5. The summed E-state index contributed by atoms with van der Waals surface area (Å²) in [4.78, 5) is 21.7. The molecule has 1 atom stereocenters. The van der Waals surface area contributed by atoms with E-state index >= 15 is 0 Å². The summed E-state index contributed by atoms with van der Waals surface area (Å²) in [5.74, 6) is -0.409. The van der Waals surface area contributed by atoms with Crippen molar-refractivity contribution in [3.05, 3.63) is 33.9 Å². The van der Waals surface area contributed by atoms with Gasteiger partial charge in [0.1, 0.15) is 0 Å². The summed E-state index contributed by atoms with van der Waals surface area (Å²) in [5, 5.41) is 22.2. The Hall–Kier alpha value is -2.15. The summed E-state index contributed by atoms with van der Waals surface area (Å²) in [5.41, 5.74) is 0.0303. The van der Waals surface area contributed by atoms with Gasteiger partial charge in [0.25, 0.3) is 5.91 Å². The van der Waals surface area contributed by atoms with Crippen molar-refractivity contribution in [3.63, 3.8) is 0 Å². The number of aliphatic hydroxyl groups is 1. The van der Waals surface area contributed by atoms with E-state index in [1.165, 1.54) is 32.2 Å². The fraction of sp³-hybridized carbons (Fsp3) is 0.364. The van der Waals surface area contributed by atoms with E-state index in [9.17, 15) is 14.9 Å². The predicted octanol–water partition coefficient (Wildman–Crippen LogP) is 0.714. The van der Waals surface area contributed by atoms with Gasteiger partial charge < -0.3 is 15.2 Å². The molecule has 1 aromatic carbocycles. The lowest BCUT2D eigenvalue weighted by Gasteiger charge is -2.08. The predicted molar refractivity (Wildman–Crippen MR) is 63.7 cm³/mol. The number of carbonyl (C=O) groups excluding carboxylic acids is 1. The van der Waals surface area contributed by atoms with Gasteiger partial charge in [-0.3, -0.25) is 14.9 Å². The zero-order valence-electron chi connectivity index (χ0n) is 10.0. The van der Waals surface area contributed by atoms with Gasteiger partial charge in [-0.05, 0) is 13.0 Å². The Morgan fingerprint density at radius 3 is 2.78 bits per heavy atom. The Labute approximate surface area is 104 Å². The van der Waals surface area contributed by atoms with E-state index in [1.54, 1.807) is 0 Å². The van der Waals surface area contributed by atoms with Crippen LogP contribution in [0.2, 0.25) is 0 Å². The minimum Gasteiger partial charge on any atom is -0.490 e. The molecule has 1 rings (SSSR count). The average molecular weight is 254 g/mol. The first-order valence-electron chi connectivity index (χ1n) is 5.24. The molecular weight excluding hydrogens is 240 g/mol. The van der Waals surface area contributed by atoms with Crippen LogP contribution in [0.25, 0.3) is 0 Å². The number of nitro groups is 1. The van der Waals surface area contributed by atoms with Crippen LogP contribution in [0.5, 0.6) is 5.75 Å². The van der Waals surface area contributed by atoms with Crippen molar-refractivity contribution < 1.29 is 19.6 Å². The average Bonchev–Trinajstić information content (AvgIpc) is 2.34. The lowest BCUT2D eigenvalue weighted by molar-refractivity contribution is -0.385. The number of methoxy groups -OCH3 is 1. The third-order valence-electron chi connectivity index (χ3n) is 2.20. The molecule has 0 heterocycles. The van der Waals surface area contributed by atoms with Crippen molar-refractivity contribution in [1.82, 2.24) is 5.32 Å². The van der Waals surface area contributed by atoms with E-state index < -0.39 is 16.9 Å². The van der Waals surface area contributed by atoms with Crippen LogP contribution in [0.3, 0.4) is 0 Å². The van der Waals surface area contributed by atoms with Gasteiger partial charge in [-0.15, -0.1) is 0 Å². The molecule has 0 saturated carbocycles. The molecule has 0 aliphatic heterocycles. The number of hydrogen-bond acceptors (Lipinski definition) is 5. The molecule has 2 N–H and O–H groups in total. The van der Waals surface area contributed by atoms with E-state index in [1.807, 2.05) is 0 Å². The quantitative estimate of drug-likeness (QED) is 0.595. The van der Waals surface area contributed by atoms with Crippen LogP contribution >= 0.6 is 0 Å². The Morgan fingerprint density at radius 1 is 1.61 bits per heavy atom. The largest absolute Gasteiger partial charge is 0.490 e. The zero-order valence-corrected chi connectivity index (χ0v) is 10.0. The molecule has 98 valence electrons. The molecule has 1 amide bonds. The monoisotopic (exact) mass is 254 g/mol. The summed E-state index contributed by atoms with van der Waals surface area (Å²) in [6.07, 6.45) is -0.658. The number of benzene rings is 1. The highest BCUT2D eigenvalue weighted by molar-refractivity contribution is 5.95. The summed E-state index contributed by atoms with van der Waals surface area (Å²) in [6.45, 7) is 1.65. The van der Waals surface area contributed by atoms with Crippen LogP contribution in [-0.2, 0) is 0 Å². The number of aliphatic hydroxyl groups excluding tert-OH is 1. The van der Waals surface area contributed by atoms with Crippen LogP contribution in [0.4, 0.5) is 5.69 Å². The third-order valence-corrected chi connectivity index (χ3v) is 2.20. The second kappa shape index (κ2) is 5.97. The second-order valence-corrected chi connectivity index (χ2v) is 3.70. The van der Waals surface area contributed by atoms with E-state index in [-0.39, 0.29) is 23.5 Å². The van der Waals surface area contributed by atoms with Crippen LogP contribution in [0.1, 0.15) is 17.3 Å². The lowest BCUT2D eigenvalue weighted by atomic mass is 10.1. The van der Waals surface area contributed by atoms with Gasteiger partial charge >= 0.3 is 5.69 Å². The number of amides is 1. The van der Waals surface area contributed by atoms with Crippen molar-refractivity contribution >= 4 is 11.6 Å². The van der Waals surface area contributed by atoms with Crippen molar-refractivity contribution in [2.45, 2.75) is 13.0 Å². The Morgan fingerprint density at radius 2 is 2.28 bits per heavy atom. The van der Waals surface area contributed by atoms with Gasteiger partial charge in [0, 0.05) is 24.2 Å². The molecule has 0 bridgehead atoms. The SMILES string of the molecule is COc1cc(C(=O)NC[C@@H](C)O)ccc1[N+](=O)[O-]. The number of nitro benzene ring substituents is 1. The molecule has 0 saturated heterocycles. The first kappa shape index (κ1) is 13.9. The van der Waals surface area contributed by atoms with E-state index in [4.69, 9.17) is 9.84 Å². The molecule has 0 spiro atoms. The molecule has 1 aromatic rings. The van der Waals surface area contributed by atoms with Crippen molar-refractivity contribution in [3.8, 4) is 5.75 Å². The highest BCUT2D eigenvalue weighted by atomic mass is 16.6. The van der Waals surface area contributed by atoms with Crippen LogP contribution < -0.4 is 10.1 Å². The van der Waals surface area contributed by atoms with Crippen LogP contribution in [0, 0.1) is 10.1 Å². The van der Waals surface area contributed by atoms with E-state index in [0.717, 1.165) is 0 Å². The number of nitrogens with one attached hydrogen (secondary N) is 1. The summed E-state index contributed by atoms with van der Waals surface area (Å²) < 4.78 is 4.85. The topological polar surface area (TPSA) is 102 Å². The molecule has 0 fully saturated rings. The summed E-state index contributed by atoms with van der Waals surface area (Å²) >= 11 is 0. The number of hydrogen-bond donors (Lipinski definition) is 2. The minimum absolute atomic E-state index is 0.0182. The molecule has 7 nitrogen and oxygen atoms in total. The highest BCUT2D eigenvalue weighted by Crippen LogP contribution is 2.27. The third kappa shape index (κ3) is 3.42. The molecule has 0 unspecified atom stereocenters. The van der Waals surface area contributed by atoms with Gasteiger partial charge in [0.15, 0.2) is 5.75 Å². The fourth-order valence-electron chi connectivity index (χ4n) is 1.31. The van der Waals surface area contributed by atoms with Crippen molar-refractivity contribution in [1.29, 1.82) is 0 Å². The highest BCUT2D eigenvalue weighted by Gasteiger charge is 2.17. The molecule has 0 radical (unpaired) electrons.